The Morgan fingerprint density at radius 3 is 2.63 bits per heavy atom. The molecule has 0 atom stereocenters. The van der Waals surface area contributed by atoms with Crippen LogP contribution in [0.25, 0.3) is 11.4 Å². The molecule has 0 saturated heterocycles. The molecule has 0 unspecified atom stereocenters. The van der Waals surface area contributed by atoms with Crippen LogP contribution in [0.15, 0.2) is 48.8 Å². The Morgan fingerprint density at radius 2 is 1.90 bits per heavy atom. The number of aromatic nitrogens is 3. The average molecular weight is 409 g/mol. The summed E-state index contributed by atoms with van der Waals surface area (Å²) < 4.78 is 10.9. The van der Waals surface area contributed by atoms with Crippen molar-refractivity contribution in [3.8, 4) is 23.0 Å². The lowest BCUT2D eigenvalue weighted by molar-refractivity contribution is 0.280. The second kappa shape index (κ2) is 10.4. The molecule has 0 spiro atoms. The lowest BCUT2D eigenvalue weighted by Crippen LogP contribution is -2.15. The summed E-state index contributed by atoms with van der Waals surface area (Å²) in [5.41, 5.74) is 8.54. The van der Waals surface area contributed by atoms with Crippen LogP contribution in [0.5, 0.6) is 11.6 Å². The third-order valence-electron chi connectivity index (χ3n) is 4.40. The van der Waals surface area contributed by atoms with E-state index in [0.29, 0.717) is 42.1 Å². The molecule has 0 aliphatic heterocycles. The van der Waals surface area contributed by atoms with Gasteiger partial charge in [0.1, 0.15) is 0 Å². The van der Waals surface area contributed by atoms with Gasteiger partial charge in [0.05, 0.1) is 31.8 Å². The lowest BCUT2D eigenvalue weighted by Gasteiger charge is -2.11. The van der Waals surface area contributed by atoms with E-state index in [1.54, 1.807) is 31.6 Å². The van der Waals surface area contributed by atoms with E-state index in [-0.39, 0.29) is 0 Å². The van der Waals surface area contributed by atoms with E-state index in [4.69, 9.17) is 15.2 Å². The van der Waals surface area contributed by atoms with Crippen LogP contribution in [0.4, 0.5) is 11.5 Å². The number of nitrogens with two attached hydrogens (primary N) is 1. The number of nitrogens with zero attached hydrogens (tertiary/aromatic N) is 4. The van der Waals surface area contributed by atoms with Gasteiger partial charge in [-0.15, -0.1) is 0 Å². The van der Waals surface area contributed by atoms with Crippen molar-refractivity contribution in [1.82, 2.24) is 19.9 Å². The van der Waals surface area contributed by atoms with Crippen LogP contribution in [0.3, 0.4) is 0 Å². The second-order valence-electron chi connectivity index (χ2n) is 7.09. The van der Waals surface area contributed by atoms with Crippen molar-refractivity contribution in [3.05, 3.63) is 54.4 Å². The zero-order chi connectivity index (χ0) is 21.3. The largest absolute Gasteiger partial charge is 0.490 e. The number of ether oxygens (including phenoxy) is 2. The van der Waals surface area contributed by atoms with Crippen molar-refractivity contribution >= 4 is 11.5 Å². The molecule has 0 fully saturated rings. The number of pyridine rings is 1. The first-order valence-corrected chi connectivity index (χ1v) is 9.78. The van der Waals surface area contributed by atoms with Gasteiger partial charge in [0.25, 0.3) is 0 Å². The maximum Gasteiger partial charge on any atom is 0.215 e. The highest BCUT2D eigenvalue weighted by atomic mass is 16.5. The van der Waals surface area contributed by atoms with Crippen LogP contribution < -0.4 is 20.5 Å². The van der Waals surface area contributed by atoms with Crippen LogP contribution in [0.2, 0.25) is 0 Å². The molecular formula is C22H28N6O2. The third-order valence-corrected chi connectivity index (χ3v) is 4.40. The fraction of sp³-hybridized carbons (Fsp3) is 0.318. The van der Waals surface area contributed by atoms with E-state index < -0.39 is 0 Å². The fourth-order valence-corrected chi connectivity index (χ4v) is 2.82. The number of anilines is 2. The molecule has 0 radical (unpaired) electrons. The summed E-state index contributed by atoms with van der Waals surface area (Å²) in [7, 11) is 5.67. The molecule has 158 valence electrons. The summed E-state index contributed by atoms with van der Waals surface area (Å²) in [4.78, 5) is 15.4. The van der Waals surface area contributed by atoms with Gasteiger partial charge in [0.15, 0.2) is 17.4 Å². The Morgan fingerprint density at radius 1 is 1.10 bits per heavy atom. The predicted molar refractivity (Wildman–Crippen MR) is 119 cm³/mol. The molecular weight excluding hydrogens is 380 g/mol. The summed E-state index contributed by atoms with van der Waals surface area (Å²) in [5, 5.41) is 3.25. The Hall–Kier alpha value is -3.39. The molecule has 30 heavy (non-hydrogen) atoms. The summed E-state index contributed by atoms with van der Waals surface area (Å²) in [6.45, 7) is 2.19. The van der Waals surface area contributed by atoms with Crippen LogP contribution >= 0.6 is 0 Å². The molecule has 2 heterocycles. The smallest absolute Gasteiger partial charge is 0.215 e. The SMILES string of the molecule is COc1ccc(N)c(NCc2cccc(-c3ncc(OCCCN(C)C)cn3)c2)n1. The summed E-state index contributed by atoms with van der Waals surface area (Å²) in [6, 6.07) is 11.5. The average Bonchev–Trinajstić information content (AvgIpc) is 2.77. The highest BCUT2D eigenvalue weighted by Gasteiger charge is 2.06. The molecule has 2 aromatic heterocycles. The molecule has 3 rings (SSSR count). The van der Waals surface area contributed by atoms with Crippen LogP contribution in [0, 0.1) is 0 Å². The minimum Gasteiger partial charge on any atom is -0.490 e. The number of hydrogen-bond donors (Lipinski definition) is 2. The van der Waals surface area contributed by atoms with Crippen molar-refractivity contribution in [3.63, 3.8) is 0 Å². The van der Waals surface area contributed by atoms with E-state index >= 15 is 0 Å². The molecule has 1 aromatic carbocycles. The molecule has 8 nitrogen and oxygen atoms in total. The van der Waals surface area contributed by atoms with E-state index in [1.165, 1.54) is 0 Å². The first kappa shape index (κ1) is 21.3. The van der Waals surface area contributed by atoms with E-state index in [0.717, 1.165) is 24.1 Å². The summed E-state index contributed by atoms with van der Waals surface area (Å²) >= 11 is 0. The Bertz CT molecular complexity index is 947. The highest BCUT2D eigenvalue weighted by Crippen LogP contribution is 2.22. The van der Waals surface area contributed by atoms with Crippen molar-refractivity contribution in [2.75, 3.05) is 45.4 Å². The van der Waals surface area contributed by atoms with Gasteiger partial charge < -0.3 is 25.4 Å². The quantitative estimate of drug-likeness (QED) is 0.494. The number of rotatable bonds is 10. The Balaban J connectivity index is 1.61. The fourth-order valence-electron chi connectivity index (χ4n) is 2.82. The van der Waals surface area contributed by atoms with Crippen molar-refractivity contribution < 1.29 is 9.47 Å². The summed E-state index contributed by atoms with van der Waals surface area (Å²) in [5.74, 6) is 2.43. The number of methoxy groups -OCH3 is 1. The lowest BCUT2D eigenvalue weighted by atomic mass is 10.1. The van der Waals surface area contributed by atoms with Gasteiger partial charge in [-0.2, -0.15) is 4.98 Å². The van der Waals surface area contributed by atoms with Crippen molar-refractivity contribution in [2.45, 2.75) is 13.0 Å². The first-order valence-electron chi connectivity index (χ1n) is 9.78. The third kappa shape index (κ3) is 6.05. The number of benzene rings is 1. The maximum absolute atomic E-state index is 5.99. The van der Waals surface area contributed by atoms with Gasteiger partial charge in [-0.05, 0) is 38.2 Å². The minimum atomic E-state index is 0.512. The topological polar surface area (TPSA) is 98.4 Å². The molecule has 3 aromatic rings. The molecule has 0 amide bonds. The van der Waals surface area contributed by atoms with Gasteiger partial charge in [-0.3, -0.25) is 0 Å². The van der Waals surface area contributed by atoms with E-state index in [2.05, 4.69) is 25.2 Å². The van der Waals surface area contributed by atoms with Gasteiger partial charge in [0, 0.05) is 24.7 Å². The van der Waals surface area contributed by atoms with Gasteiger partial charge in [-0.1, -0.05) is 18.2 Å². The Kier molecular flexibility index (Phi) is 7.40. The van der Waals surface area contributed by atoms with Gasteiger partial charge >= 0.3 is 0 Å². The molecule has 3 N–H and O–H groups in total. The normalized spacial score (nSPS) is 10.8. The minimum absolute atomic E-state index is 0.512. The zero-order valence-corrected chi connectivity index (χ0v) is 17.6. The second-order valence-corrected chi connectivity index (χ2v) is 7.09. The van der Waals surface area contributed by atoms with Crippen LogP contribution in [0.1, 0.15) is 12.0 Å². The van der Waals surface area contributed by atoms with Crippen molar-refractivity contribution in [2.24, 2.45) is 0 Å². The highest BCUT2D eigenvalue weighted by molar-refractivity contribution is 5.62. The standard InChI is InChI=1S/C22H28N6O2/c1-28(2)10-5-11-30-18-14-25-21(26-15-18)17-7-4-6-16(12-17)13-24-22-19(23)8-9-20(27-22)29-3/h4,6-9,12,14-15H,5,10-11,13,23H2,1-3H3,(H,24,27). The van der Waals surface area contributed by atoms with E-state index in [1.807, 2.05) is 38.4 Å². The first-order chi connectivity index (χ1) is 14.5. The van der Waals surface area contributed by atoms with Crippen LogP contribution in [-0.4, -0.2) is 54.2 Å². The number of hydrogen-bond acceptors (Lipinski definition) is 8. The molecule has 0 aliphatic rings. The zero-order valence-electron chi connectivity index (χ0n) is 17.6. The van der Waals surface area contributed by atoms with Crippen molar-refractivity contribution in [1.29, 1.82) is 0 Å². The van der Waals surface area contributed by atoms with Gasteiger partial charge in [-0.25, -0.2) is 9.97 Å². The van der Waals surface area contributed by atoms with E-state index in [9.17, 15) is 0 Å². The molecule has 0 aliphatic carbocycles. The number of nitrogen functional groups attached to an aromatic ring is 1. The van der Waals surface area contributed by atoms with Crippen LogP contribution in [-0.2, 0) is 6.54 Å². The number of nitrogens with one attached hydrogen (secondary N) is 1. The molecule has 0 bridgehead atoms. The predicted octanol–water partition coefficient (Wildman–Crippen LogP) is 3.07. The maximum atomic E-state index is 5.99. The van der Waals surface area contributed by atoms with Gasteiger partial charge in [0.2, 0.25) is 5.88 Å². The summed E-state index contributed by atoms with van der Waals surface area (Å²) in [6.07, 6.45) is 4.38. The Labute approximate surface area is 177 Å². The molecule has 8 heteroatoms. The monoisotopic (exact) mass is 408 g/mol. The molecule has 0 saturated carbocycles.